The number of ketones is 1. The van der Waals surface area contributed by atoms with Crippen LogP contribution in [0.25, 0.3) is 0 Å². The lowest BCUT2D eigenvalue weighted by atomic mass is 9.38. The third kappa shape index (κ3) is 5.94. The molecule has 3 saturated heterocycles. The number of Topliss-reactive ketones (excluding diaryl/α,β-unsaturated/α-hetero) is 1. The van der Waals surface area contributed by atoms with Gasteiger partial charge in [-0.3, -0.25) is 9.59 Å². The summed E-state index contributed by atoms with van der Waals surface area (Å²) in [6.45, 7) is 8.18. The van der Waals surface area contributed by atoms with Crippen molar-refractivity contribution in [1.29, 1.82) is 0 Å². The number of methoxy groups -OCH3 is 1. The van der Waals surface area contributed by atoms with Gasteiger partial charge in [0.15, 0.2) is 11.5 Å². The average Bonchev–Trinajstić information content (AvgIpc) is 3.43. The minimum Gasteiger partial charge on any atom is -0.467 e. The Labute approximate surface area is 316 Å². The summed E-state index contributed by atoms with van der Waals surface area (Å²) >= 11 is 0. The molecule has 3 aliphatic carbocycles. The molecule has 2 bridgehead atoms. The number of hydrogen-bond donors (Lipinski definition) is 6. The Morgan fingerprint density at radius 3 is 2.31 bits per heavy atom. The van der Waals surface area contributed by atoms with Gasteiger partial charge in [-0.05, 0) is 49.7 Å². The highest BCUT2D eigenvalue weighted by Gasteiger charge is 2.85. The van der Waals surface area contributed by atoms with E-state index in [4.69, 9.17) is 33.2 Å². The summed E-state index contributed by atoms with van der Waals surface area (Å²) in [4.78, 5) is 67.1. The zero-order valence-corrected chi connectivity index (χ0v) is 31.6. The van der Waals surface area contributed by atoms with Crippen molar-refractivity contribution in [3.8, 4) is 0 Å². The van der Waals surface area contributed by atoms with E-state index in [0.29, 0.717) is 5.57 Å². The van der Waals surface area contributed by atoms with Crippen molar-refractivity contribution in [3.63, 3.8) is 0 Å². The predicted octanol–water partition coefficient (Wildman–Crippen LogP) is -1.66. The van der Waals surface area contributed by atoms with Gasteiger partial charge in [-0.2, -0.15) is 0 Å². The van der Waals surface area contributed by atoms with Gasteiger partial charge in [0.1, 0.15) is 42.2 Å². The zero-order valence-electron chi connectivity index (χ0n) is 31.6. The van der Waals surface area contributed by atoms with Crippen LogP contribution in [0.15, 0.2) is 23.5 Å². The van der Waals surface area contributed by atoms with Crippen LogP contribution in [0.5, 0.6) is 0 Å². The number of esters is 4. The number of aliphatic hydroxyl groups excluding tert-OH is 6. The van der Waals surface area contributed by atoms with Crippen LogP contribution >= 0.6 is 0 Å². The maximum absolute atomic E-state index is 14.0. The van der Waals surface area contributed by atoms with E-state index in [1.54, 1.807) is 34.6 Å². The number of carbonyl (C=O) groups excluding carboxylic acids is 5. The fraction of sp³-hybridized carbons (Fsp3) is 0.757. The first kappa shape index (κ1) is 41.2. The second-order valence-electron chi connectivity index (χ2n) is 16.2. The normalized spacial score (nSPS) is 45.0. The van der Waals surface area contributed by atoms with E-state index < -0.39 is 144 Å². The summed E-state index contributed by atoms with van der Waals surface area (Å²) < 4.78 is 39.9. The lowest BCUT2D eigenvalue weighted by Gasteiger charge is -2.67. The fourth-order valence-corrected chi connectivity index (χ4v) is 10.6. The molecule has 6 N–H and O–H groups in total. The van der Waals surface area contributed by atoms with Gasteiger partial charge in [-0.1, -0.05) is 20.8 Å². The molecule has 0 amide bonds. The number of ether oxygens (including phenoxy) is 7. The highest BCUT2D eigenvalue weighted by atomic mass is 16.7. The number of hydrogen-bond acceptors (Lipinski definition) is 18. The first-order valence-corrected chi connectivity index (χ1v) is 18.3. The molecule has 0 radical (unpaired) electrons. The smallest absolute Gasteiger partial charge is 0.348 e. The standard InChI is InChI=1S/C37H50O18/c1-8-16(34(4,5)55-15(3)39)9-21(40)54-27-29-36-13-50-37(29,33(48)49-7)30(46)26(45)28(36)35(6)11-18(22(41)14(2)17(35)10-20(36)53-31(27)47)51-32-25(44)24(43)23(42)19(12-38)52-32/h9,11,14,17,19-20,23-30,32,38,42-46H,8,10,12-13H2,1-7H3. The van der Waals surface area contributed by atoms with Gasteiger partial charge in [0.05, 0.1) is 32.3 Å². The van der Waals surface area contributed by atoms with Gasteiger partial charge in [0.25, 0.3) is 0 Å². The first-order valence-electron chi connectivity index (χ1n) is 18.3. The van der Waals surface area contributed by atoms with E-state index in [0.717, 1.165) is 13.2 Å². The largest absolute Gasteiger partial charge is 0.467 e. The molecule has 0 aromatic carbocycles. The molecule has 6 rings (SSSR count). The Hall–Kier alpha value is -3.49. The van der Waals surface area contributed by atoms with Crippen molar-refractivity contribution in [2.24, 2.45) is 34.5 Å². The van der Waals surface area contributed by atoms with E-state index >= 15 is 0 Å². The molecular formula is C37H50O18. The third-order valence-corrected chi connectivity index (χ3v) is 13.0. The molecule has 55 heavy (non-hydrogen) atoms. The second-order valence-corrected chi connectivity index (χ2v) is 16.2. The Kier molecular flexibility index (Phi) is 10.6. The minimum absolute atomic E-state index is 0.00741. The summed E-state index contributed by atoms with van der Waals surface area (Å²) in [7, 11) is 1.03. The van der Waals surface area contributed by atoms with Crippen LogP contribution in [0.1, 0.15) is 54.4 Å². The Morgan fingerprint density at radius 1 is 1.04 bits per heavy atom. The topological polar surface area (TPSA) is 271 Å². The average molecular weight is 783 g/mol. The number of carbonyl (C=O) groups is 5. The van der Waals surface area contributed by atoms with Gasteiger partial charge in [-0.15, -0.1) is 0 Å². The van der Waals surface area contributed by atoms with Crippen molar-refractivity contribution < 1.29 is 87.8 Å². The lowest BCUT2D eigenvalue weighted by Crippen LogP contribution is -2.79. The second kappa shape index (κ2) is 14.2. The van der Waals surface area contributed by atoms with Crippen molar-refractivity contribution in [3.05, 3.63) is 23.5 Å². The van der Waals surface area contributed by atoms with Gasteiger partial charge in [0.2, 0.25) is 18.0 Å². The molecule has 18 heteroatoms. The number of aliphatic hydroxyl groups is 6. The minimum atomic E-state index is -2.43. The van der Waals surface area contributed by atoms with Crippen LogP contribution in [-0.4, -0.2) is 147 Å². The van der Waals surface area contributed by atoms with E-state index in [1.807, 2.05) is 0 Å². The number of fused-ring (bicyclic) bond motifs is 2. The van der Waals surface area contributed by atoms with Crippen molar-refractivity contribution in [1.82, 2.24) is 0 Å². The molecule has 5 fully saturated rings. The molecule has 3 aliphatic heterocycles. The molecular weight excluding hydrogens is 732 g/mol. The van der Waals surface area contributed by atoms with Crippen LogP contribution in [0.3, 0.4) is 0 Å². The van der Waals surface area contributed by atoms with Gasteiger partial charge >= 0.3 is 23.9 Å². The molecule has 2 saturated carbocycles. The number of rotatable bonds is 9. The maximum atomic E-state index is 14.0. The fourth-order valence-electron chi connectivity index (χ4n) is 10.6. The third-order valence-electron chi connectivity index (χ3n) is 13.0. The van der Waals surface area contributed by atoms with Crippen molar-refractivity contribution in [2.45, 2.75) is 121 Å². The molecule has 6 aliphatic rings. The van der Waals surface area contributed by atoms with Crippen molar-refractivity contribution in [2.75, 3.05) is 20.3 Å². The number of allylic oxidation sites excluding steroid dienone is 2. The summed E-state index contributed by atoms with van der Waals surface area (Å²) in [6, 6.07) is 0. The highest BCUT2D eigenvalue weighted by molar-refractivity contribution is 5.97. The van der Waals surface area contributed by atoms with Gasteiger partial charge in [0, 0.05) is 30.3 Å². The van der Waals surface area contributed by atoms with E-state index in [9.17, 15) is 54.6 Å². The molecule has 0 aromatic rings. The monoisotopic (exact) mass is 782 g/mol. The van der Waals surface area contributed by atoms with Gasteiger partial charge in [-0.25, -0.2) is 14.4 Å². The predicted molar refractivity (Wildman–Crippen MR) is 179 cm³/mol. The van der Waals surface area contributed by atoms with E-state index in [2.05, 4.69) is 0 Å². The van der Waals surface area contributed by atoms with Crippen LogP contribution in [0, 0.1) is 34.5 Å². The van der Waals surface area contributed by atoms with E-state index in [1.165, 1.54) is 13.0 Å². The molecule has 16 atom stereocenters. The molecule has 1 spiro atoms. The van der Waals surface area contributed by atoms with Crippen molar-refractivity contribution >= 4 is 29.7 Å². The Balaban J connectivity index is 1.45. The summed E-state index contributed by atoms with van der Waals surface area (Å²) in [5.41, 5.74) is -6.25. The zero-order chi connectivity index (χ0) is 40.7. The Morgan fingerprint density at radius 2 is 1.71 bits per heavy atom. The quantitative estimate of drug-likeness (QED) is 0.0868. The first-order chi connectivity index (χ1) is 25.7. The van der Waals surface area contributed by atoms with E-state index in [-0.39, 0.29) is 18.6 Å². The summed E-state index contributed by atoms with van der Waals surface area (Å²) in [5.74, 6) is -9.08. The maximum Gasteiger partial charge on any atom is 0.348 e. The van der Waals surface area contributed by atoms with Crippen LogP contribution in [-0.2, 0) is 57.1 Å². The van der Waals surface area contributed by atoms with Crippen LogP contribution in [0.4, 0.5) is 0 Å². The SMILES string of the molecule is CCC(=CC(=O)OC1C(=O)OC2CC3C(C)C(=O)C(OC4OC(CO)C(O)C(O)C4O)=CC3(C)C3C(O)C(O)C4(C(=O)OC)OCC23C14)C(C)(C)OC(C)=O. The molecule has 3 heterocycles. The molecule has 16 unspecified atom stereocenters. The summed E-state index contributed by atoms with van der Waals surface area (Å²) in [6.07, 6.45) is -12.6. The van der Waals surface area contributed by atoms with Gasteiger partial charge < -0.3 is 63.8 Å². The molecule has 0 aromatic heterocycles. The highest BCUT2D eigenvalue weighted by Crippen LogP contribution is 2.72. The molecule has 18 nitrogen and oxygen atoms in total. The molecule has 306 valence electrons. The Bertz CT molecular complexity index is 1670. The summed E-state index contributed by atoms with van der Waals surface area (Å²) in [5, 5.41) is 65.2. The lowest BCUT2D eigenvalue weighted by molar-refractivity contribution is -0.296. The van der Waals surface area contributed by atoms with Crippen LogP contribution < -0.4 is 0 Å². The van der Waals surface area contributed by atoms with Crippen LogP contribution in [0.2, 0.25) is 0 Å².